The number of fused-ring (bicyclic) bond motifs is 1. The van der Waals surface area contributed by atoms with Crippen molar-refractivity contribution in [3.63, 3.8) is 0 Å². The Kier molecular flexibility index (Phi) is 7.26. The summed E-state index contributed by atoms with van der Waals surface area (Å²) in [5.41, 5.74) is 1.76. The molecule has 3 aromatic rings. The first kappa shape index (κ1) is 24.0. The number of nitrogens with zero attached hydrogens (tertiary/aromatic N) is 2. The topological polar surface area (TPSA) is 57.7 Å². The summed E-state index contributed by atoms with van der Waals surface area (Å²) in [6.07, 6.45) is 2.18. The maximum atomic E-state index is 13.6. The summed E-state index contributed by atoms with van der Waals surface area (Å²) in [5, 5.41) is 2.97. The fraction of sp³-hybridized carbons (Fsp3) is 0.208. The minimum absolute atomic E-state index is 0.0207. The Morgan fingerprint density at radius 3 is 2.61 bits per heavy atom. The standard InChI is InChI=1S/C24H22Cl2N2O3S2/c1-2-12-27(33(30,31)18-6-4-3-5-7-18)16-23(29)28-13-10-22-20(11-14-32-22)24(28)19-9-8-17(25)15-21(19)26/h2-9,11,14-15,24H,1,10,12-13,16H2. The summed E-state index contributed by atoms with van der Waals surface area (Å²) in [7, 11) is -3.87. The van der Waals surface area contributed by atoms with E-state index in [0.717, 1.165) is 15.4 Å². The van der Waals surface area contributed by atoms with Crippen molar-refractivity contribution in [1.82, 2.24) is 9.21 Å². The van der Waals surface area contributed by atoms with E-state index in [1.807, 2.05) is 17.5 Å². The van der Waals surface area contributed by atoms with Crippen LogP contribution in [0.25, 0.3) is 0 Å². The molecular weight excluding hydrogens is 499 g/mol. The molecule has 0 bridgehead atoms. The van der Waals surface area contributed by atoms with Crippen molar-refractivity contribution in [2.45, 2.75) is 17.4 Å². The van der Waals surface area contributed by atoms with Gasteiger partial charge in [0.2, 0.25) is 15.9 Å². The summed E-state index contributed by atoms with van der Waals surface area (Å²) < 4.78 is 27.6. The molecule has 1 unspecified atom stereocenters. The van der Waals surface area contributed by atoms with Gasteiger partial charge in [0.05, 0.1) is 17.5 Å². The molecule has 5 nitrogen and oxygen atoms in total. The van der Waals surface area contributed by atoms with Gasteiger partial charge in [-0.1, -0.05) is 53.5 Å². The van der Waals surface area contributed by atoms with Gasteiger partial charge in [0.1, 0.15) is 0 Å². The number of amides is 1. The van der Waals surface area contributed by atoms with Gasteiger partial charge < -0.3 is 4.90 Å². The summed E-state index contributed by atoms with van der Waals surface area (Å²) in [6.45, 7) is 3.85. The molecule has 0 aliphatic carbocycles. The van der Waals surface area contributed by atoms with Gasteiger partial charge in [0.15, 0.2) is 0 Å². The normalized spacial score (nSPS) is 16.0. The van der Waals surface area contributed by atoms with Crippen LogP contribution in [0.4, 0.5) is 0 Å². The zero-order valence-corrected chi connectivity index (χ0v) is 20.8. The van der Waals surface area contributed by atoms with E-state index >= 15 is 0 Å². The van der Waals surface area contributed by atoms with E-state index < -0.39 is 16.1 Å². The smallest absolute Gasteiger partial charge is 0.243 e. The maximum Gasteiger partial charge on any atom is 0.243 e. The van der Waals surface area contributed by atoms with Crippen molar-refractivity contribution >= 4 is 50.5 Å². The quantitative estimate of drug-likeness (QED) is 0.391. The molecular formula is C24H22Cl2N2O3S2. The Bertz CT molecular complexity index is 1280. The first-order valence-electron chi connectivity index (χ1n) is 10.3. The van der Waals surface area contributed by atoms with Crippen LogP contribution in [0.5, 0.6) is 0 Å². The molecule has 1 aliphatic heterocycles. The van der Waals surface area contributed by atoms with Gasteiger partial charge in [0, 0.05) is 28.0 Å². The molecule has 172 valence electrons. The predicted molar refractivity (Wildman–Crippen MR) is 133 cm³/mol. The number of rotatable bonds is 7. The number of hydrogen-bond donors (Lipinski definition) is 0. The molecule has 2 heterocycles. The summed E-state index contributed by atoms with van der Waals surface area (Å²) in [4.78, 5) is 16.6. The van der Waals surface area contributed by atoms with E-state index in [4.69, 9.17) is 23.2 Å². The van der Waals surface area contributed by atoms with Crippen LogP contribution in [-0.2, 0) is 21.2 Å². The number of halogens is 2. The number of thiophene rings is 1. The summed E-state index contributed by atoms with van der Waals surface area (Å²) in [5.74, 6) is -0.302. The van der Waals surface area contributed by atoms with E-state index in [1.54, 1.807) is 46.6 Å². The van der Waals surface area contributed by atoms with Gasteiger partial charge in [-0.3, -0.25) is 4.79 Å². The van der Waals surface area contributed by atoms with Gasteiger partial charge in [-0.05, 0) is 53.3 Å². The van der Waals surface area contributed by atoms with Crippen molar-refractivity contribution in [1.29, 1.82) is 0 Å². The lowest BCUT2D eigenvalue weighted by Gasteiger charge is -2.37. The van der Waals surface area contributed by atoms with Crippen LogP contribution in [0.1, 0.15) is 22.0 Å². The molecule has 0 radical (unpaired) electrons. The van der Waals surface area contributed by atoms with Crippen LogP contribution in [0.2, 0.25) is 10.0 Å². The second-order valence-corrected chi connectivity index (χ2v) is 11.4. The van der Waals surface area contributed by atoms with Gasteiger partial charge in [-0.2, -0.15) is 4.31 Å². The Morgan fingerprint density at radius 2 is 1.91 bits per heavy atom. The number of carbonyl (C=O) groups excluding carboxylic acids is 1. The molecule has 9 heteroatoms. The summed E-state index contributed by atoms with van der Waals surface area (Å²) >= 11 is 14.3. The number of hydrogen-bond acceptors (Lipinski definition) is 4. The minimum Gasteiger partial charge on any atom is -0.330 e. The molecule has 0 N–H and O–H groups in total. The fourth-order valence-corrected chi connectivity index (χ4v) is 6.82. The zero-order chi connectivity index (χ0) is 23.6. The number of sulfonamides is 1. The largest absolute Gasteiger partial charge is 0.330 e. The Morgan fingerprint density at radius 1 is 1.15 bits per heavy atom. The van der Waals surface area contributed by atoms with Crippen LogP contribution >= 0.6 is 34.5 Å². The Balaban J connectivity index is 1.69. The van der Waals surface area contributed by atoms with Crippen LogP contribution < -0.4 is 0 Å². The summed E-state index contributed by atoms with van der Waals surface area (Å²) in [6, 6.07) is 14.9. The second-order valence-electron chi connectivity index (χ2n) is 7.60. The maximum absolute atomic E-state index is 13.6. The average Bonchev–Trinajstić information content (AvgIpc) is 3.28. The van der Waals surface area contributed by atoms with E-state index in [0.29, 0.717) is 23.0 Å². The molecule has 0 spiro atoms. The third kappa shape index (κ3) is 4.88. The highest BCUT2D eigenvalue weighted by molar-refractivity contribution is 7.89. The third-order valence-electron chi connectivity index (χ3n) is 5.57. The lowest BCUT2D eigenvalue weighted by atomic mass is 9.93. The first-order valence-corrected chi connectivity index (χ1v) is 13.4. The third-order valence-corrected chi connectivity index (χ3v) is 8.95. The highest BCUT2D eigenvalue weighted by Crippen LogP contribution is 2.41. The van der Waals surface area contributed by atoms with Crippen molar-refractivity contribution in [3.05, 3.63) is 98.7 Å². The molecule has 1 atom stereocenters. The molecule has 2 aromatic carbocycles. The molecule has 1 aliphatic rings. The molecule has 4 rings (SSSR count). The first-order chi connectivity index (χ1) is 15.8. The number of carbonyl (C=O) groups is 1. The van der Waals surface area contributed by atoms with Crippen LogP contribution in [0.3, 0.4) is 0 Å². The zero-order valence-electron chi connectivity index (χ0n) is 17.7. The Labute approximate surface area is 207 Å². The van der Waals surface area contributed by atoms with E-state index in [-0.39, 0.29) is 23.9 Å². The van der Waals surface area contributed by atoms with Gasteiger partial charge in [-0.15, -0.1) is 17.9 Å². The van der Waals surface area contributed by atoms with Crippen LogP contribution in [0.15, 0.2) is 77.5 Å². The molecule has 1 amide bonds. The predicted octanol–water partition coefficient (Wildman–Crippen LogP) is 5.41. The van der Waals surface area contributed by atoms with Crippen molar-refractivity contribution < 1.29 is 13.2 Å². The lowest BCUT2D eigenvalue weighted by molar-refractivity contribution is -0.133. The monoisotopic (exact) mass is 520 g/mol. The number of benzene rings is 2. The minimum atomic E-state index is -3.87. The molecule has 0 saturated carbocycles. The van der Waals surface area contributed by atoms with Crippen LogP contribution in [-0.4, -0.2) is 43.2 Å². The fourth-order valence-electron chi connectivity index (χ4n) is 4.02. The Hall–Kier alpha value is -2.16. The highest BCUT2D eigenvalue weighted by atomic mass is 35.5. The molecule has 33 heavy (non-hydrogen) atoms. The van der Waals surface area contributed by atoms with Crippen LogP contribution in [0, 0.1) is 0 Å². The van der Waals surface area contributed by atoms with Gasteiger partial charge in [0.25, 0.3) is 0 Å². The van der Waals surface area contributed by atoms with Gasteiger partial charge >= 0.3 is 0 Å². The van der Waals surface area contributed by atoms with E-state index in [1.165, 1.54) is 23.1 Å². The lowest BCUT2D eigenvalue weighted by Crippen LogP contribution is -2.46. The average molecular weight is 521 g/mol. The van der Waals surface area contributed by atoms with Crippen molar-refractivity contribution in [3.8, 4) is 0 Å². The second kappa shape index (κ2) is 9.99. The highest BCUT2D eigenvalue weighted by Gasteiger charge is 2.36. The molecule has 1 aromatic heterocycles. The molecule has 0 saturated heterocycles. The van der Waals surface area contributed by atoms with Crippen molar-refractivity contribution in [2.75, 3.05) is 19.6 Å². The SMILES string of the molecule is C=CCN(CC(=O)N1CCc2sccc2C1c1ccc(Cl)cc1Cl)S(=O)(=O)c1ccccc1. The van der Waals surface area contributed by atoms with Gasteiger partial charge in [-0.25, -0.2) is 8.42 Å². The molecule has 0 fully saturated rings. The van der Waals surface area contributed by atoms with E-state index in [2.05, 4.69) is 6.58 Å². The van der Waals surface area contributed by atoms with Crippen molar-refractivity contribution in [2.24, 2.45) is 0 Å². The van der Waals surface area contributed by atoms with E-state index in [9.17, 15) is 13.2 Å².